The quantitative estimate of drug-likeness (QED) is 0.498. The van der Waals surface area contributed by atoms with Crippen LogP contribution in [0.15, 0.2) is 63.1 Å². The van der Waals surface area contributed by atoms with Gasteiger partial charge in [-0.1, -0.05) is 23.7 Å². The molecule has 1 aromatic heterocycles. The number of hydrogen-bond acceptors (Lipinski definition) is 5. The molecule has 0 radical (unpaired) electrons. The van der Waals surface area contributed by atoms with Crippen LogP contribution in [0.3, 0.4) is 0 Å². The van der Waals surface area contributed by atoms with Gasteiger partial charge in [0.15, 0.2) is 6.10 Å². The lowest BCUT2D eigenvalue weighted by Crippen LogP contribution is -2.50. The third-order valence-corrected chi connectivity index (χ3v) is 5.07. The summed E-state index contributed by atoms with van der Waals surface area (Å²) in [7, 11) is 0. The van der Waals surface area contributed by atoms with Crippen LogP contribution in [0, 0.1) is 0 Å². The van der Waals surface area contributed by atoms with Crippen LogP contribution in [-0.4, -0.2) is 38.1 Å². The molecule has 12 heteroatoms. The lowest BCUT2D eigenvalue weighted by atomic mass is 10.2. The van der Waals surface area contributed by atoms with E-state index in [1.165, 1.54) is 28.8 Å². The second-order valence-corrected chi connectivity index (χ2v) is 7.82. The molecule has 1 heterocycles. The van der Waals surface area contributed by atoms with Crippen LogP contribution in [0.5, 0.6) is 5.75 Å². The van der Waals surface area contributed by atoms with Crippen molar-refractivity contribution in [2.75, 3.05) is 6.61 Å². The van der Waals surface area contributed by atoms with Gasteiger partial charge < -0.3 is 9.84 Å². The minimum Gasteiger partial charge on any atom is -0.481 e. The van der Waals surface area contributed by atoms with Crippen LogP contribution in [0.4, 0.5) is 18.9 Å². The molecule has 0 unspecified atom stereocenters. The first-order chi connectivity index (χ1) is 16.1. The second kappa shape index (κ2) is 10.7. The predicted molar refractivity (Wildman–Crippen MR) is 119 cm³/mol. The molecular formula is C22H22ClF3N4O4. The fourth-order valence-electron chi connectivity index (χ4n) is 2.98. The Kier molecular flexibility index (Phi) is 8.00. The molecule has 2 N–H and O–H groups in total. The molecule has 2 aromatic carbocycles. The van der Waals surface area contributed by atoms with E-state index in [2.05, 4.69) is 9.98 Å². The van der Waals surface area contributed by atoms with Crippen molar-refractivity contribution in [1.82, 2.24) is 14.1 Å². The van der Waals surface area contributed by atoms with Crippen molar-refractivity contribution in [3.8, 4) is 5.75 Å². The van der Waals surface area contributed by atoms with Crippen LogP contribution in [0.25, 0.3) is 0 Å². The third kappa shape index (κ3) is 6.39. The van der Waals surface area contributed by atoms with Crippen molar-refractivity contribution < 1.29 is 23.0 Å². The summed E-state index contributed by atoms with van der Waals surface area (Å²) < 4.78 is 45.2. The maximum absolute atomic E-state index is 13.1. The van der Waals surface area contributed by atoms with E-state index in [0.29, 0.717) is 10.6 Å². The number of aromatic amines is 1. The van der Waals surface area contributed by atoms with E-state index in [9.17, 15) is 22.8 Å². The standard InChI is InChI=1S/C22H22ClF3N4O4/c1-14(22(24,25)26)34-18-9-7-17(8-10-18)27-19-28-20(32)29(11-2-12-31)21(33)30(19)13-15-3-5-16(23)6-4-15/h3-10,14,31H,2,11-13H2,1H3,(H,27,28,32)/t14-/m1/s1. The maximum atomic E-state index is 13.1. The fraction of sp³-hybridized carbons (Fsp3) is 0.318. The first-order valence-electron chi connectivity index (χ1n) is 10.3. The van der Waals surface area contributed by atoms with Gasteiger partial charge in [0.2, 0.25) is 5.62 Å². The number of aliphatic hydroxyl groups excluding tert-OH is 1. The van der Waals surface area contributed by atoms with Gasteiger partial charge >= 0.3 is 17.6 Å². The molecule has 8 nitrogen and oxygen atoms in total. The van der Waals surface area contributed by atoms with Crippen LogP contribution < -0.4 is 21.7 Å². The van der Waals surface area contributed by atoms with Gasteiger partial charge in [-0.15, -0.1) is 0 Å². The van der Waals surface area contributed by atoms with Gasteiger partial charge in [0.1, 0.15) is 5.75 Å². The summed E-state index contributed by atoms with van der Waals surface area (Å²) in [6.45, 7) is 0.773. The molecule has 1 atom stereocenters. The van der Waals surface area contributed by atoms with Crippen LogP contribution >= 0.6 is 11.6 Å². The molecule has 3 aromatic rings. The third-order valence-electron chi connectivity index (χ3n) is 4.82. The SMILES string of the molecule is C[C@@H](Oc1ccc(/N=c2\[nH]c(=O)n(CCCO)c(=O)n2Cc2ccc(Cl)cc2)cc1)C(F)(F)F. The number of benzene rings is 2. The maximum Gasteiger partial charge on any atom is 0.425 e. The first kappa shape index (κ1) is 25.3. The Labute approximate surface area is 196 Å². The van der Waals surface area contributed by atoms with E-state index >= 15 is 0 Å². The Morgan fingerprint density at radius 2 is 1.74 bits per heavy atom. The number of halogens is 4. The van der Waals surface area contributed by atoms with Crippen molar-refractivity contribution >= 4 is 17.3 Å². The van der Waals surface area contributed by atoms with Crippen molar-refractivity contribution in [1.29, 1.82) is 0 Å². The number of H-pyrrole nitrogens is 1. The number of aromatic nitrogens is 3. The second-order valence-electron chi connectivity index (χ2n) is 7.39. The van der Waals surface area contributed by atoms with Gasteiger partial charge in [-0.3, -0.25) is 9.55 Å². The molecule has 0 aliphatic rings. The molecule has 0 fully saturated rings. The zero-order valence-electron chi connectivity index (χ0n) is 18.1. The molecule has 0 aliphatic carbocycles. The number of ether oxygens (including phenoxy) is 1. The van der Waals surface area contributed by atoms with Gasteiger partial charge in [0, 0.05) is 18.2 Å². The van der Waals surface area contributed by atoms with E-state index in [1.54, 1.807) is 24.3 Å². The number of aliphatic hydroxyl groups is 1. The minimum absolute atomic E-state index is 0.00858. The van der Waals surface area contributed by atoms with Crippen molar-refractivity contribution in [3.05, 3.63) is 85.7 Å². The van der Waals surface area contributed by atoms with Crippen LogP contribution in [0.1, 0.15) is 18.9 Å². The summed E-state index contributed by atoms with van der Waals surface area (Å²) in [5.41, 5.74) is -0.399. The Morgan fingerprint density at radius 3 is 2.32 bits per heavy atom. The summed E-state index contributed by atoms with van der Waals surface area (Å²) in [5.74, 6) is -0.00858. The molecule has 0 bridgehead atoms. The number of rotatable bonds is 8. The Hall–Kier alpha value is -3.31. The van der Waals surface area contributed by atoms with Gasteiger partial charge in [-0.05, 0) is 55.3 Å². The average molecular weight is 499 g/mol. The predicted octanol–water partition coefficient (Wildman–Crippen LogP) is 2.98. The summed E-state index contributed by atoms with van der Waals surface area (Å²) in [6, 6.07) is 12.2. The number of nitrogens with zero attached hydrogens (tertiary/aromatic N) is 3. The van der Waals surface area contributed by atoms with E-state index in [4.69, 9.17) is 21.4 Å². The van der Waals surface area contributed by atoms with Crippen LogP contribution in [-0.2, 0) is 13.1 Å². The van der Waals surface area contributed by atoms with Crippen molar-refractivity contribution in [3.63, 3.8) is 0 Å². The highest BCUT2D eigenvalue weighted by Crippen LogP contribution is 2.26. The average Bonchev–Trinajstić information content (AvgIpc) is 2.78. The van der Waals surface area contributed by atoms with Gasteiger partial charge in [0.05, 0.1) is 12.2 Å². The highest BCUT2D eigenvalue weighted by atomic mass is 35.5. The summed E-state index contributed by atoms with van der Waals surface area (Å²) in [5, 5.41) is 9.59. The van der Waals surface area contributed by atoms with E-state index in [0.717, 1.165) is 11.5 Å². The first-order valence-corrected chi connectivity index (χ1v) is 10.6. The van der Waals surface area contributed by atoms with Crippen molar-refractivity contribution in [2.24, 2.45) is 4.99 Å². The number of alkyl halides is 3. The zero-order valence-corrected chi connectivity index (χ0v) is 18.8. The zero-order chi connectivity index (χ0) is 24.9. The molecule has 182 valence electrons. The highest BCUT2D eigenvalue weighted by Gasteiger charge is 2.38. The molecule has 34 heavy (non-hydrogen) atoms. The molecule has 0 aliphatic heterocycles. The molecule has 3 rings (SSSR count). The van der Waals surface area contributed by atoms with E-state index in [-0.39, 0.29) is 43.2 Å². The lowest BCUT2D eigenvalue weighted by molar-refractivity contribution is -0.189. The van der Waals surface area contributed by atoms with E-state index in [1.807, 2.05) is 0 Å². The van der Waals surface area contributed by atoms with Gasteiger partial charge in [-0.2, -0.15) is 13.2 Å². The molecule has 0 spiro atoms. The topological polar surface area (TPSA) is 102 Å². The lowest BCUT2D eigenvalue weighted by Gasteiger charge is -2.17. The summed E-state index contributed by atoms with van der Waals surface area (Å²) in [6.07, 6.45) is -6.28. The molecule has 0 amide bonds. The van der Waals surface area contributed by atoms with Gasteiger partial charge in [0.25, 0.3) is 0 Å². The molecule has 0 saturated carbocycles. The normalized spacial score (nSPS) is 13.2. The Morgan fingerprint density at radius 1 is 1.09 bits per heavy atom. The van der Waals surface area contributed by atoms with Crippen LogP contribution in [0.2, 0.25) is 5.02 Å². The molecular weight excluding hydrogens is 477 g/mol. The highest BCUT2D eigenvalue weighted by molar-refractivity contribution is 6.30. The Balaban J connectivity index is 2.02. The van der Waals surface area contributed by atoms with E-state index < -0.39 is 23.7 Å². The minimum atomic E-state index is -4.50. The summed E-state index contributed by atoms with van der Waals surface area (Å²) in [4.78, 5) is 32.4. The van der Waals surface area contributed by atoms with Gasteiger partial charge in [-0.25, -0.2) is 19.1 Å². The smallest absolute Gasteiger partial charge is 0.425 e. The Bertz CT molecular complexity index is 1300. The number of hydrogen-bond donors (Lipinski definition) is 2. The van der Waals surface area contributed by atoms with Crippen molar-refractivity contribution in [2.45, 2.75) is 38.7 Å². The largest absolute Gasteiger partial charge is 0.481 e. The fourth-order valence-corrected chi connectivity index (χ4v) is 3.10. The molecule has 0 saturated heterocycles. The number of nitrogens with one attached hydrogen (secondary N) is 1. The summed E-state index contributed by atoms with van der Waals surface area (Å²) >= 11 is 5.92. The monoisotopic (exact) mass is 498 g/mol.